The van der Waals surface area contributed by atoms with Crippen LogP contribution in [-0.4, -0.2) is 39.1 Å². The number of fused-ring (bicyclic) bond motifs is 1. The number of nitrogens with zero attached hydrogens (tertiary/aromatic N) is 3. The number of esters is 1. The summed E-state index contributed by atoms with van der Waals surface area (Å²) < 4.78 is 11.5. The molecule has 1 aromatic carbocycles. The zero-order valence-electron chi connectivity index (χ0n) is 17.0. The first-order valence-corrected chi connectivity index (χ1v) is 10.2. The molecule has 0 saturated heterocycles. The molecule has 0 unspecified atom stereocenters. The van der Waals surface area contributed by atoms with Gasteiger partial charge in [-0.1, -0.05) is 6.07 Å². The number of ether oxygens (including phenoxy) is 2. The topological polar surface area (TPSA) is 81.6 Å². The van der Waals surface area contributed by atoms with Crippen molar-refractivity contribution in [3.63, 3.8) is 0 Å². The van der Waals surface area contributed by atoms with Gasteiger partial charge in [0.1, 0.15) is 18.0 Å². The molecular formula is C21H24BrN3O4. The first-order valence-electron chi connectivity index (χ1n) is 9.37. The molecule has 2 heterocycles. The summed E-state index contributed by atoms with van der Waals surface area (Å²) in [5.74, 6) is 0.251. The Morgan fingerprint density at radius 1 is 1.28 bits per heavy atom. The Bertz CT molecular complexity index is 923. The summed E-state index contributed by atoms with van der Waals surface area (Å²) in [4.78, 5) is 34.6. The summed E-state index contributed by atoms with van der Waals surface area (Å²) in [6.45, 7) is 8.46. The van der Waals surface area contributed by atoms with Gasteiger partial charge in [-0.3, -0.25) is 0 Å². The first-order chi connectivity index (χ1) is 13.6. The fourth-order valence-corrected chi connectivity index (χ4v) is 3.28. The summed E-state index contributed by atoms with van der Waals surface area (Å²) in [6, 6.07) is 3.72. The van der Waals surface area contributed by atoms with Gasteiger partial charge >= 0.3 is 12.1 Å². The molecule has 7 nitrogen and oxygen atoms in total. The summed E-state index contributed by atoms with van der Waals surface area (Å²) in [5.41, 5.74) is 3.03. The van der Waals surface area contributed by atoms with Crippen molar-refractivity contribution in [1.29, 1.82) is 0 Å². The van der Waals surface area contributed by atoms with Crippen LogP contribution >= 0.6 is 15.9 Å². The van der Waals surface area contributed by atoms with Crippen LogP contribution in [0.15, 0.2) is 29.0 Å². The van der Waals surface area contributed by atoms with E-state index in [0.29, 0.717) is 31.0 Å². The summed E-state index contributed by atoms with van der Waals surface area (Å²) in [5, 5.41) is 0. The molecule has 29 heavy (non-hydrogen) atoms. The second-order valence-corrected chi connectivity index (χ2v) is 8.84. The van der Waals surface area contributed by atoms with Crippen LogP contribution in [0.5, 0.6) is 0 Å². The monoisotopic (exact) mass is 461 g/mol. The molecule has 0 saturated carbocycles. The van der Waals surface area contributed by atoms with Gasteiger partial charge in [-0.2, -0.15) is 0 Å². The van der Waals surface area contributed by atoms with Gasteiger partial charge in [-0.05, 0) is 67.2 Å². The van der Waals surface area contributed by atoms with Crippen LogP contribution in [0.4, 0.5) is 4.79 Å². The van der Waals surface area contributed by atoms with Crippen molar-refractivity contribution in [2.75, 3.05) is 6.54 Å². The zero-order chi connectivity index (χ0) is 21.2. The average molecular weight is 462 g/mol. The number of halogens is 1. The van der Waals surface area contributed by atoms with Crippen molar-refractivity contribution in [3.8, 4) is 0 Å². The van der Waals surface area contributed by atoms with E-state index in [1.807, 2.05) is 33.8 Å². The third-order valence-corrected chi connectivity index (χ3v) is 5.00. The van der Waals surface area contributed by atoms with E-state index in [4.69, 9.17) is 9.47 Å². The Kier molecular flexibility index (Phi) is 6.21. The van der Waals surface area contributed by atoms with Crippen LogP contribution in [0, 0.1) is 6.92 Å². The molecule has 0 aliphatic carbocycles. The number of rotatable bonds is 5. The van der Waals surface area contributed by atoms with Crippen LogP contribution in [0.2, 0.25) is 0 Å². The van der Waals surface area contributed by atoms with Gasteiger partial charge in [0.05, 0.1) is 16.6 Å². The molecule has 0 fully saturated rings. The lowest BCUT2D eigenvalue weighted by Crippen LogP contribution is -2.38. The van der Waals surface area contributed by atoms with Gasteiger partial charge in [0, 0.05) is 24.5 Å². The third-order valence-electron chi connectivity index (χ3n) is 4.59. The lowest BCUT2D eigenvalue weighted by atomic mass is 9.97. The maximum Gasteiger partial charge on any atom is 0.410 e. The summed E-state index contributed by atoms with van der Waals surface area (Å²) >= 11 is 3.31. The standard InChI is InChI=1S/C21H24BrN3O4/c1-13-14(5-6-16-17(13)12-28-19(16)26)7-8-25(20(27)29-21(2,3)4)11-18-23-9-15(22)10-24-18/h5-6,9-10H,7-8,11-12H2,1-4H3. The molecule has 0 spiro atoms. The number of benzene rings is 1. The van der Waals surface area contributed by atoms with E-state index in [1.54, 1.807) is 23.4 Å². The molecule has 0 bridgehead atoms. The van der Waals surface area contributed by atoms with Gasteiger partial charge in [0.2, 0.25) is 0 Å². The van der Waals surface area contributed by atoms with Gasteiger partial charge < -0.3 is 14.4 Å². The molecule has 1 aliphatic rings. The maximum absolute atomic E-state index is 12.7. The van der Waals surface area contributed by atoms with E-state index in [9.17, 15) is 9.59 Å². The van der Waals surface area contributed by atoms with Crippen LogP contribution in [0.3, 0.4) is 0 Å². The molecular weight excluding hydrogens is 438 g/mol. The molecule has 1 amide bonds. The van der Waals surface area contributed by atoms with Crippen LogP contribution in [0.25, 0.3) is 0 Å². The highest BCUT2D eigenvalue weighted by Gasteiger charge is 2.26. The minimum Gasteiger partial charge on any atom is -0.457 e. The van der Waals surface area contributed by atoms with E-state index < -0.39 is 11.7 Å². The minimum atomic E-state index is -0.600. The number of amides is 1. The smallest absolute Gasteiger partial charge is 0.410 e. The van der Waals surface area contributed by atoms with E-state index >= 15 is 0 Å². The fourth-order valence-electron chi connectivity index (χ4n) is 3.08. The zero-order valence-corrected chi connectivity index (χ0v) is 18.6. The maximum atomic E-state index is 12.7. The molecule has 0 atom stereocenters. The number of aromatic nitrogens is 2. The van der Waals surface area contributed by atoms with Gasteiger partial charge in [-0.15, -0.1) is 0 Å². The Morgan fingerprint density at radius 2 is 1.97 bits per heavy atom. The number of carbonyl (C=O) groups excluding carboxylic acids is 2. The highest BCUT2D eigenvalue weighted by atomic mass is 79.9. The first kappa shape index (κ1) is 21.2. The normalized spacial score (nSPS) is 13.1. The molecule has 2 aromatic rings. The number of cyclic esters (lactones) is 1. The lowest BCUT2D eigenvalue weighted by Gasteiger charge is -2.27. The molecule has 0 radical (unpaired) electrons. The van der Waals surface area contributed by atoms with Crippen molar-refractivity contribution < 1.29 is 19.1 Å². The quantitative estimate of drug-likeness (QED) is 0.620. The third kappa shape index (κ3) is 5.32. The number of hydrogen-bond donors (Lipinski definition) is 0. The Morgan fingerprint density at radius 3 is 2.62 bits per heavy atom. The van der Waals surface area contributed by atoms with Gasteiger partial charge in [0.25, 0.3) is 0 Å². The fraction of sp³-hybridized carbons (Fsp3) is 0.429. The second-order valence-electron chi connectivity index (χ2n) is 7.92. The molecule has 0 N–H and O–H groups in total. The van der Waals surface area contributed by atoms with Gasteiger partial charge in [0.15, 0.2) is 0 Å². The predicted octanol–water partition coefficient (Wildman–Crippen LogP) is 4.20. The summed E-state index contributed by atoms with van der Waals surface area (Å²) in [6.07, 6.45) is 3.50. The van der Waals surface area contributed by atoms with Crippen molar-refractivity contribution >= 4 is 28.0 Å². The minimum absolute atomic E-state index is 0.244. The Labute approximate surface area is 178 Å². The van der Waals surface area contributed by atoms with Crippen LogP contribution < -0.4 is 0 Å². The van der Waals surface area contributed by atoms with Crippen LogP contribution in [0.1, 0.15) is 53.6 Å². The second kappa shape index (κ2) is 8.49. The van der Waals surface area contributed by atoms with E-state index in [0.717, 1.165) is 21.2 Å². The van der Waals surface area contributed by atoms with Crippen LogP contribution in [-0.2, 0) is 29.0 Å². The van der Waals surface area contributed by atoms with Gasteiger partial charge in [-0.25, -0.2) is 19.6 Å². The van der Waals surface area contributed by atoms with Crippen molar-refractivity contribution in [3.05, 3.63) is 57.1 Å². The predicted molar refractivity (Wildman–Crippen MR) is 110 cm³/mol. The molecule has 1 aliphatic heterocycles. The molecule has 1 aromatic heterocycles. The van der Waals surface area contributed by atoms with E-state index in [-0.39, 0.29) is 12.5 Å². The SMILES string of the molecule is Cc1c(CCN(Cc2ncc(Br)cn2)C(=O)OC(C)(C)C)ccc2c1COC2=O. The van der Waals surface area contributed by atoms with E-state index in [2.05, 4.69) is 25.9 Å². The molecule has 154 valence electrons. The Balaban J connectivity index is 1.77. The van der Waals surface area contributed by atoms with Crippen molar-refractivity contribution in [1.82, 2.24) is 14.9 Å². The highest BCUT2D eigenvalue weighted by molar-refractivity contribution is 9.10. The molecule has 8 heteroatoms. The van der Waals surface area contributed by atoms with Crippen molar-refractivity contribution in [2.45, 2.75) is 52.9 Å². The van der Waals surface area contributed by atoms with E-state index in [1.165, 1.54) is 0 Å². The average Bonchev–Trinajstić information content (AvgIpc) is 3.02. The number of hydrogen-bond acceptors (Lipinski definition) is 6. The number of carbonyl (C=O) groups is 2. The highest BCUT2D eigenvalue weighted by Crippen LogP contribution is 2.26. The van der Waals surface area contributed by atoms with Crippen molar-refractivity contribution in [2.24, 2.45) is 0 Å². The molecule has 3 rings (SSSR count). The summed E-state index contributed by atoms with van der Waals surface area (Å²) in [7, 11) is 0. The Hall–Kier alpha value is -2.48. The largest absolute Gasteiger partial charge is 0.457 e. The lowest BCUT2D eigenvalue weighted by molar-refractivity contribution is 0.0230.